The van der Waals surface area contributed by atoms with Crippen LogP contribution in [0, 0.1) is 13.8 Å². The van der Waals surface area contributed by atoms with Crippen molar-refractivity contribution in [3.05, 3.63) is 47.5 Å². The molecule has 2 aliphatic rings. The SMILES string of the molecule is Cc1ccc(C)c(NC(=O)CN2C(=O)CSc3ccc(S(=O)(=O)N4CCCCCC4)cc32)c1. The lowest BCUT2D eigenvalue weighted by atomic mass is 10.1. The normalized spacial score (nSPS) is 17.4. The molecule has 0 aromatic heterocycles. The lowest BCUT2D eigenvalue weighted by molar-refractivity contribution is -0.120. The summed E-state index contributed by atoms with van der Waals surface area (Å²) in [6, 6.07) is 10.7. The van der Waals surface area contributed by atoms with E-state index in [4.69, 9.17) is 0 Å². The first-order valence-electron chi connectivity index (χ1n) is 11.2. The van der Waals surface area contributed by atoms with Crippen molar-refractivity contribution in [3.63, 3.8) is 0 Å². The summed E-state index contributed by atoms with van der Waals surface area (Å²) in [6.07, 6.45) is 3.77. The van der Waals surface area contributed by atoms with Crippen molar-refractivity contribution in [1.29, 1.82) is 0 Å². The van der Waals surface area contributed by atoms with E-state index in [9.17, 15) is 18.0 Å². The van der Waals surface area contributed by atoms with Gasteiger partial charge < -0.3 is 10.2 Å². The molecule has 0 aliphatic carbocycles. The van der Waals surface area contributed by atoms with Crippen LogP contribution < -0.4 is 10.2 Å². The Morgan fingerprint density at radius 3 is 2.48 bits per heavy atom. The number of hydrogen-bond donors (Lipinski definition) is 1. The van der Waals surface area contributed by atoms with E-state index < -0.39 is 10.0 Å². The Hall–Kier alpha value is -2.36. The van der Waals surface area contributed by atoms with Gasteiger partial charge in [0.2, 0.25) is 21.8 Å². The van der Waals surface area contributed by atoms with E-state index in [-0.39, 0.29) is 29.0 Å². The minimum absolute atomic E-state index is 0.165. The number of rotatable bonds is 5. The van der Waals surface area contributed by atoms with Crippen molar-refractivity contribution >= 4 is 45.0 Å². The fourth-order valence-corrected chi connectivity index (χ4v) is 6.60. The standard InChI is InChI=1S/C24H29N3O4S2/c1-17-7-8-18(2)20(13-17)25-23(28)15-27-21-14-19(9-10-22(21)32-16-24(27)29)33(30,31)26-11-5-3-4-6-12-26/h7-10,13-14H,3-6,11-12,15-16H2,1-2H3,(H,25,28). The lowest BCUT2D eigenvalue weighted by Gasteiger charge is -2.29. The minimum atomic E-state index is -3.66. The van der Waals surface area contributed by atoms with Gasteiger partial charge >= 0.3 is 0 Å². The number of aryl methyl sites for hydroxylation is 2. The fourth-order valence-electron chi connectivity index (χ4n) is 4.15. The highest BCUT2D eigenvalue weighted by Gasteiger charge is 2.31. The quantitative estimate of drug-likeness (QED) is 0.690. The Bertz CT molecular complexity index is 1170. The van der Waals surface area contributed by atoms with Gasteiger partial charge in [-0.25, -0.2) is 8.42 Å². The van der Waals surface area contributed by atoms with E-state index in [1.807, 2.05) is 32.0 Å². The number of nitrogens with one attached hydrogen (secondary N) is 1. The number of thioether (sulfide) groups is 1. The molecule has 0 bridgehead atoms. The van der Waals surface area contributed by atoms with Crippen LogP contribution in [0.5, 0.6) is 0 Å². The van der Waals surface area contributed by atoms with Gasteiger partial charge in [-0.3, -0.25) is 9.59 Å². The third-order valence-corrected chi connectivity index (χ3v) is 8.99. The van der Waals surface area contributed by atoms with Crippen LogP contribution in [0.15, 0.2) is 46.2 Å². The third-order valence-electron chi connectivity index (χ3n) is 6.05. The average molecular weight is 488 g/mol. The maximum Gasteiger partial charge on any atom is 0.244 e. The van der Waals surface area contributed by atoms with Gasteiger partial charge in [-0.05, 0) is 62.1 Å². The molecule has 2 aliphatic heterocycles. The van der Waals surface area contributed by atoms with E-state index in [1.54, 1.807) is 18.2 Å². The Morgan fingerprint density at radius 1 is 1.03 bits per heavy atom. The maximum absolute atomic E-state index is 13.3. The van der Waals surface area contributed by atoms with Gasteiger partial charge in [0.05, 0.1) is 16.3 Å². The molecular formula is C24H29N3O4S2. The largest absolute Gasteiger partial charge is 0.324 e. The zero-order chi connectivity index (χ0) is 23.6. The molecule has 2 aromatic carbocycles. The summed E-state index contributed by atoms with van der Waals surface area (Å²) in [5, 5.41) is 2.89. The molecule has 33 heavy (non-hydrogen) atoms. The summed E-state index contributed by atoms with van der Waals surface area (Å²) in [7, 11) is -3.66. The third kappa shape index (κ3) is 5.26. The molecule has 1 saturated heterocycles. The van der Waals surface area contributed by atoms with Gasteiger partial charge in [0.1, 0.15) is 6.54 Å². The van der Waals surface area contributed by atoms with E-state index >= 15 is 0 Å². The van der Waals surface area contributed by atoms with Crippen molar-refractivity contribution in [2.24, 2.45) is 0 Å². The van der Waals surface area contributed by atoms with Crippen LogP contribution in [0.1, 0.15) is 36.8 Å². The lowest BCUT2D eigenvalue weighted by Crippen LogP contribution is -2.41. The number of anilines is 2. The Morgan fingerprint density at radius 2 is 1.76 bits per heavy atom. The molecule has 0 unspecified atom stereocenters. The predicted molar refractivity (Wildman–Crippen MR) is 131 cm³/mol. The van der Waals surface area contributed by atoms with Gasteiger partial charge in [-0.1, -0.05) is 25.0 Å². The van der Waals surface area contributed by atoms with Gasteiger partial charge in [0.25, 0.3) is 0 Å². The topological polar surface area (TPSA) is 86.8 Å². The average Bonchev–Trinajstić information content (AvgIpc) is 3.08. The van der Waals surface area contributed by atoms with E-state index in [2.05, 4.69) is 5.32 Å². The van der Waals surface area contributed by atoms with E-state index in [0.717, 1.165) is 41.7 Å². The van der Waals surface area contributed by atoms with Crippen molar-refractivity contribution in [1.82, 2.24) is 4.31 Å². The van der Waals surface area contributed by atoms with Gasteiger partial charge in [0.15, 0.2) is 0 Å². The monoisotopic (exact) mass is 487 g/mol. The summed E-state index contributed by atoms with van der Waals surface area (Å²) >= 11 is 1.36. The van der Waals surface area contributed by atoms with Crippen molar-refractivity contribution < 1.29 is 18.0 Å². The highest BCUT2D eigenvalue weighted by Crippen LogP contribution is 2.37. The Balaban J connectivity index is 1.59. The fraction of sp³-hybridized carbons (Fsp3) is 0.417. The summed E-state index contributed by atoms with van der Waals surface area (Å²) in [6.45, 7) is 4.70. The molecule has 4 rings (SSSR count). The van der Waals surface area contributed by atoms with E-state index in [1.165, 1.54) is 21.0 Å². The van der Waals surface area contributed by atoms with Crippen LogP contribution in [-0.4, -0.2) is 49.9 Å². The molecular weight excluding hydrogens is 458 g/mol. The number of fused-ring (bicyclic) bond motifs is 1. The zero-order valence-corrected chi connectivity index (χ0v) is 20.6. The summed E-state index contributed by atoms with van der Waals surface area (Å²) in [4.78, 5) is 27.9. The number of nitrogens with zero attached hydrogens (tertiary/aromatic N) is 2. The number of hydrogen-bond acceptors (Lipinski definition) is 5. The van der Waals surface area contributed by atoms with Crippen LogP contribution in [-0.2, 0) is 19.6 Å². The molecule has 2 heterocycles. The second kappa shape index (κ2) is 9.87. The first-order chi connectivity index (χ1) is 15.8. The number of sulfonamides is 1. The number of carbonyl (C=O) groups is 2. The minimum Gasteiger partial charge on any atom is -0.324 e. The molecule has 0 radical (unpaired) electrons. The second-order valence-corrected chi connectivity index (χ2v) is 11.5. The number of carbonyl (C=O) groups excluding carboxylic acids is 2. The molecule has 0 atom stereocenters. The molecule has 0 saturated carbocycles. The summed E-state index contributed by atoms with van der Waals surface area (Å²) in [5.41, 5.74) is 3.13. The molecule has 2 amide bonds. The molecule has 7 nitrogen and oxygen atoms in total. The maximum atomic E-state index is 13.3. The van der Waals surface area contributed by atoms with Gasteiger partial charge in [0, 0.05) is 23.7 Å². The van der Waals surface area contributed by atoms with Crippen LogP contribution in [0.4, 0.5) is 11.4 Å². The smallest absolute Gasteiger partial charge is 0.244 e. The van der Waals surface area contributed by atoms with Gasteiger partial charge in [-0.2, -0.15) is 4.31 Å². The summed E-state index contributed by atoms with van der Waals surface area (Å²) < 4.78 is 28.1. The highest BCUT2D eigenvalue weighted by atomic mass is 32.2. The Kier molecular flexibility index (Phi) is 7.11. The molecule has 1 N–H and O–H groups in total. The van der Waals surface area contributed by atoms with E-state index in [0.29, 0.717) is 24.5 Å². The summed E-state index contributed by atoms with van der Waals surface area (Å²) in [5.74, 6) is -0.328. The molecule has 2 aromatic rings. The van der Waals surface area contributed by atoms with Crippen LogP contribution in [0.3, 0.4) is 0 Å². The zero-order valence-electron chi connectivity index (χ0n) is 19.0. The number of benzene rings is 2. The first kappa shape index (κ1) is 23.8. The first-order valence-corrected chi connectivity index (χ1v) is 13.6. The number of amides is 2. The highest BCUT2D eigenvalue weighted by molar-refractivity contribution is 8.00. The Labute approximate surface area is 199 Å². The molecule has 1 fully saturated rings. The molecule has 0 spiro atoms. The van der Waals surface area contributed by atoms with Crippen molar-refractivity contribution in [2.45, 2.75) is 49.3 Å². The van der Waals surface area contributed by atoms with Gasteiger partial charge in [-0.15, -0.1) is 11.8 Å². The molecule has 9 heteroatoms. The van der Waals surface area contributed by atoms with Crippen LogP contribution in [0.25, 0.3) is 0 Å². The second-order valence-electron chi connectivity index (χ2n) is 8.58. The van der Waals surface area contributed by atoms with Crippen molar-refractivity contribution in [2.75, 3.05) is 35.6 Å². The van der Waals surface area contributed by atoms with Crippen molar-refractivity contribution in [3.8, 4) is 0 Å². The molecule has 176 valence electrons. The predicted octanol–water partition coefficient (Wildman–Crippen LogP) is 3.95. The van der Waals surface area contributed by atoms with Crippen LogP contribution >= 0.6 is 11.8 Å². The van der Waals surface area contributed by atoms with Crippen LogP contribution in [0.2, 0.25) is 0 Å².